The lowest BCUT2D eigenvalue weighted by atomic mass is 9.96. The zero-order valence-corrected chi connectivity index (χ0v) is 15.1. The second-order valence-corrected chi connectivity index (χ2v) is 6.70. The predicted molar refractivity (Wildman–Crippen MR) is 99.3 cm³/mol. The van der Waals surface area contributed by atoms with Crippen LogP contribution in [0.25, 0.3) is 11.3 Å². The summed E-state index contributed by atoms with van der Waals surface area (Å²) in [5.41, 5.74) is 5.64. The van der Waals surface area contributed by atoms with Gasteiger partial charge in [0.25, 0.3) is 5.56 Å². The maximum absolute atomic E-state index is 13.2. The van der Waals surface area contributed by atoms with Crippen LogP contribution in [-0.4, -0.2) is 34.4 Å². The number of primary amides is 1. The van der Waals surface area contributed by atoms with E-state index in [0.717, 1.165) is 0 Å². The van der Waals surface area contributed by atoms with E-state index < -0.39 is 11.4 Å². The number of aromatic nitrogens is 1. The number of likely N-dealkylation sites (tertiary alicyclic amines) is 1. The summed E-state index contributed by atoms with van der Waals surface area (Å²) in [5, 5.41) is 9.15. The van der Waals surface area contributed by atoms with Crippen molar-refractivity contribution in [2.45, 2.75) is 19.4 Å². The molecule has 0 aliphatic carbocycles. The Morgan fingerprint density at radius 1 is 1.14 bits per heavy atom. The number of hydrogen-bond donors (Lipinski definition) is 1. The van der Waals surface area contributed by atoms with Gasteiger partial charge in [-0.2, -0.15) is 5.26 Å². The Morgan fingerprint density at radius 2 is 1.79 bits per heavy atom. The van der Waals surface area contributed by atoms with Crippen molar-refractivity contribution >= 4 is 11.8 Å². The molecule has 0 bridgehead atoms. The molecular weight excluding hydrogens is 363 g/mol. The summed E-state index contributed by atoms with van der Waals surface area (Å²) in [6.07, 6.45) is 0.970. The van der Waals surface area contributed by atoms with Gasteiger partial charge in [0, 0.05) is 19.0 Å². The topological polar surface area (TPSA) is 109 Å². The molecule has 0 spiro atoms. The third kappa shape index (κ3) is 3.93. The van der Waals surface area contributed by atoms with Crippen LogP contribution in [0.4, 0.5) is 4.39 Å². The van der Waals surface area contributed by atoms with Crippen LogP contribution in [0, 0.1) is 23.1 Å². The number of carbonyl (C=O) groups is 2. The molecule has 1 aromatic carbocycles. The van der Waals surface area contributed by atoms with Crippen molar-refractivity contribution in [1.82, 2.24) is 9.47 Å². The first-order chi connectivity index (χ1) is 13.4. The van der Waals surface area contributed by atoms with Gasteiger partial charge in [0.05, 0.1) is 5.69 Å². The number of rotatable bonds is 4. The molecule has 1 aliphatic heterocycles. The van der Waals surface area contributed by atoms with Gasteiger partial charge in [-0.25, -0.2) is 4.39 Å². The lowest BCUT2D eigenvalue weighted by molar-refractivity contribution is -0.135. The number of amides is 2. The van der Waals surface area contributed by atoms with Crippen LogP contribution in [0.1, 0.15) is 18.4 Å². The highest BCUT2D eigenvalue weighted by Crippen LogP contribution is 2.21. The molecular formula is C20H19FN4O3. The fourth-order valence-corrected chi connectivity index (χ4v) is 3.34. The van der Waals surface area contributed by atoms with Crippen LogP contribution in [-0.2, 0) is 16.1 Å². The molecule has 2 amide bonds. The van der Waals surface area contributed by atoms with Gasteiger partial charge in [0.15, 0.2) is 0 Å². The van der Waals surface area contributed by atoms with Gasteiger partial charge in [-0.1, -0.05) is 0 Å². The number of carbonyl (C=O) groups excluding carboxylic acids is 2. The highest BCUT2D eigenvalue weighted by atomic mass is 19.1. The van der Waals surface area contributed by atoms with Gasteiger partial charge < -0.3 is 10.6 Å². The minimum Gasteiger partial charge on any atom is -0.369 e. The summed E-state index contributed by atoms with van der Waals surface area (Å²) in [7, 11) is 0. The van der Waals surface area contributed by atoms with Crippen molar-refractivity contribution in [2.75, 3.05) is 13.1 Å². The molecule has 0 atom stereocenters. The molecule has 28 heavy (non-hydrogen) atoms. The first-order valence-electron chi connectivity index (χ1n) is 8.87. The summed E-state index contributed by atoms with van der Waals surface area (Å²) < 4.78 is 14.5. The van der Waals surface area contributed by atoms with E-state index in [-0.39, 0.29) is 29.8 Å². The molecule has 0 saturated carbocycles. The molecule has 3 rings (SSSR count). The quantitative estimate of drug-likeness (QED) is 0.858. The number of piperidine rings is 1. The Balaban J connectivity index is 1.89. The summed E-state index contributed by atoms with van der Waals surface area (Å²) in [5.74, 6) is -1.32. The highest BCUT2D eigenvalue weighted by molar-refractivity contribution is 5.79. The van der Waals surface area contributed by atoms with Crippen LogP contribution in [0.15, 0.2) is 41.2 Å². The SMILES string of the molecule is N#Cc1ccc(-c2ccc(F)cc2)n(CC(=O)N2CCC(C(N)=O)CC2)c1=O. The first kappa shape index (κ1) is 19.3. The number of halogens is 1. The van der Waals surface area contributed by atoms with E-state index in [2.05, 4.69) is 0 Å². The normalized spacial score (nSPS) is 14.5. The van der Waals surface area contributed by atoms with E-state index in [9.17, 15) is 18.8 Å². The van der Waals surface area contributed by atoms with Gasteiger partial charge in [0.1, 0.15) is 24.0 Å². The fourth-order valence-electron chi connectivity index (χ4n) is 3.34. The maximum Gasteiger partial charge on any atom is 0.269 e. The van der Waals surface area contributed by atoms with Crippen molar-refractivity contribution < 1.29 is 14.0 Å². The number of nitriles is 1. The lowest BCUT2D eigenvalue weighted by Crippen LogP contribution is -2.44. The van der Waals surface area contributed by atoms with Crippen LogP contribution >= 0.6 is 0 Å². The van der Waals surface area contributed by atoms with E-state index >= 15 is 0 Å². The third-order valence-electron chi connectivity index (χ3n) is 4.98. The highest BCUT2D eigenvalue weighted by Gasteiger charge is 2.26. The Bertz CT molecular complexity index is 1000. The molecule has 2 aromatic rings. The largest absolute Gasteiger partial charge is 0.369 e. The second kappa shape index (κ2) is 8.05. The van der Waals surface area contributed by atoms with E-state index in [4.69, 9.17) is 11.0 Å². The van der Waals surface area contributed by atoms with Crippen molar-refractivity contribution in [3.05, 3.63) is 58.1 Å². The molecule has 0 unspecified atom stereocenters. The molecule has 1 saturated heterocycles. The number of nitrogens with zero attached hydrogens (tertiary/aromatic N) is 3. The Labute approximate surface area is 160 Å². The molecule has 144 valence electrons. The van der Waals surface area contributed by atoms with E-state index in [0.29, 0.717) is 37.2 Å². The number of pyridine rings is 1. The molecule has 1 fully saturated rings. The zero-order valence-electron chi connectivity index (χ0n) is 15.1. The summed E-state index contributed by atoms with van der Waals surface area (Å²) in [4.78, 5) is 38.3. The van der Waals surface area contributed by atoms with Crippen molar-refractivity contribution in [2.24, 2.45) is 11.7 Å². The third-order valence-corrected chi connectivity index (χ3v) is 4.98. The van der Waals surface area contributed by atoms with Gasteiger partial charge >= 0.3 is 0 Å². The van der Waals surface area contributed by atoms with Crippen molar-refractivity contribution in [1.29, 1.82) is 5.26 Å². The van der Waals surface area contributed by atoms with Gasteiger partial charge in [-0.3, -0.25) is 19.0 Å². The maximum atomic E-state index is 13.2. The van der Waals surface area contributed by atoms with E-state index in [1.54, 1.807) is 11.0 Å². The average Bonchev–Trinajstić information content (AvgIpc) is 2.70. The molecule has 1 aromatic heterocycles. The monoisotopic (exact) mass is 382 g/mol. The molecule has 7 nitrogen and oxygen atoms in total. The Morgan fingerprint density at radius 3 is 2.36 bits per heavy atom. The molecule has 2 N–H and O–H groups in total. The number of hydrogen-bond acceptors (Lipinski definition) is 4. The minimum atomic E-state index is -0.579. The smallest absolute Gasteiger partial charge is 0.269 e. The Kier molecular flexibility index (Phi) is 5.54. The predicted octanol–water partition coefficient (Wildman–Crippen LogP) is 1.25. The summed E-state index contributed by atoms with van der Waals surface area (Å²) in [6.45, 7) is 0.512. The summed E-state index contributed by atoms with van der Waals surface area (Å²) >= 11 is 0. The lowest BCUT2D eigenvalue weighted by Gasteiger charge is -2.31. The van der Waals surface area contributed by atoms with Crippen molar-refractivity contribution in [3.8, 4) is 17.3 Å². The molecule has 0 radical (unpaired) electrons. The van der Waals surface area contributed by atoms with Crippen LogP contribution < -0.4 is 11.3 Å². The molecule has 2 heterocycles. The standard InChI is InChI=1S/C20H19FN4O3/c21-16-4-1-13(2-5-16)17-6-3-15(11-22)20(28)25(17)12-18(26)24-9-7-14(8-10-24)19(23)27/h1-6,14H,7-10,12H2,(H2,23,27). The average molecular weight is 382 g/mol. The van der Waals surface area contributed by atoms with Gasteiger partial charge in [0.2, 0.25) is 11.8 Å². The second-order valence-electron chi connectivity index (χ2n) is 6.70. The summed E-state index contributed by atoms with van der Waals surface area (Å²) in [6, 6.07) is 10.3. The van der Waals surface area contributed by atoms with Gasteiger partial charge in [-0.15, -0.1) is 0 Å². The van der Waals surface area contributed by atoms with Gasteiger partial charge in [-0.05, 0) is 54.8 Å². The number of nitrogens with two attached hydrogens (primary N) is 1. The van der Waals surface area contributed by atoms with Crippen LogP contribution in [0.3, 0.4) is 0 Å². The first-order valence-corrected chi connectivity index (χ1v) is 8.87. The number of benzene rings is 1. The Hall–Kier alpha value is -3.47. The molecule has 1 aliphatic rings. The minimum absolute atomic E-state index is 0.0777. The van der Waals surface area contributed by atoms with Crippen LogP contribution in [0.5, 0.6) is 0 Å². The zero-order chi connectivity index (χ0) is 20.3. The van der Waals surface area contributed by atoms with E-state index in [1.807, 2.05) is 6.07 Å². The van der Waals surface area contributed by atoms with E-state index in [1.165, 1.54) is 34.9 Å². The van der Waals surface area contributed by atoms with Crippen LogP contribution in [0.2, 0.25) is 0 Å². The molecule has 8 heteroatoms. The van der Waals surface area contributed by atoms with Crippen molar-refractivity contribution in [3.63, 3.8) is 0 Å². The fraction of sp³-hybridized carbons (Fsp3) is 0.300.